The van der Waals surface area contributed by atoms with Gasteiger partial charge in [0.2, 0.25) is 17.5 Å². The van der Waals surface area contributed by atoms with E-state index in [0.29, 0.717) is 23.5 Å². The van der Waals surface area contributed by atoms with Gasteiger partial charge in [-0.25, -0.2) is 9.97 Å². The molecule has 0 bridgehead atoms. The van der Waals surface area contributed by atoms with Crippen LogP contribution in [-0.4, -0.2) is 26.2 Å². The molecule has 0 amide bonds. The van der Waals surface area contributed by atoms with Crippen molar-refractivity contribution >= 4 is 0 Å². The molecule has 6 heteroatoms. The van der Waals surface area contributed by atoms with Crippen molar-refractivity contribution in [3.05, 3.63) is 23.8 Å². The lowest BCUT2D eigenvalue weighted by molar-refractivity contribution is 0.300. The molecule has 2 rings (SSSR count). The monoisotopic (exact) mass is 261 g/mol. The summed E-state index contributed by atoms with van der Waals surface area (Å²) in [5, 5.41) is 3.94. The average Bonchev–Trinajstić information content (AvgIpc) is 2.78. The molecule has 2 aromatic heterocycles. The molecule has 0 aliphatic carbocycles. The van der Waals surface area contributed by atoms with Gasteiger partial charge < -0.3 is 10.3 Å². The average molecular weight is 261 g/mol. The third kappa shape index (κ3) is 2.96. The van der Waals surface area contributed by atoms with E-state index < -0.39 is 0 Å². The Morgan fingerprint density at radius 2 is 1.74 bits per heavy atom. The summed E-state index contributed by atoms with van der Waals surface area (Å²) in [5.74, 6) is 1.78. The second kappa shape index (κ2) is 5.44. The summed E-state index contributed by atoms with van der Waals surface area (Å²) in [4.78, 5) is 12.7. The molecule has 102 valence electrons. The van der Waals surface area contributed by atoms with Crippen molar-refractivity contribution < 1.29 is 4.52 Å². The number of hydrogen-bond acceptors (Lipinski definition) is 6. The summed E-state index contributed by atoms with van der Waals surface area (Å²) in [6.45, 7) is 8.04. The highest BCUT2D eigenvalue weighted by atomic mass is 16.5. The van der Waals surface area contributed by atoms with Crippen LogP contribution < -0.4 is 5.73 Å². The fourth-order valence-corrected chi connectivity index (χ4v) is 2.09. The Bertz CT molecular complexity index is 524. The van der Waals surface area contributed by atoms with Gasteiger partial charge in [-0.15, -0.1) is 0 Å². The fraction of sp³-hybridized carbons (Fsp3) is 0.538. The van der Waals surface area contributed by atoms with E-state index in [9.17, 15) is 0 Å². The first-order valence-electron chi connectivity index (χ1n) is 6.37. The second-order valence-corrected chi connectivity index (χ2v) is 5.17. The Balaban J connectivity index is 2.30. The maximum atomic E-state index is 5.98. The third-order valence-corrected chi connectivity index (χ3v) is 2.99. The lowest BCUT2D eigenvalue weighted by Crippen LogP contribution is -2.28. The van der Waals surface area contributed by atoms with Crippen LogP contribution in [0, 0.1) is 12.8 Å². The molecule has 0 aliphatic rings. The Labute approximate surface area is 112 Å². The molecule has 2 N–H and O–H groups in total. The highest BCUT2D eigenvalue weighted by Crippen LogP contribution is 2.26. The number of aromatic nitrogens is 4. The van der Waals surface area contributed by atoms with Crippen LogP contribution in [0.2, 0.25) is 0 Å². The highest BCUT2D eigenvalue weighted by molar-refractivity contribution is 5.41. The molecule has 0 aliphatic heterocycles. The molecule has 2 unspecified atom stereocenters. The van der Waals surface area contributed by atoms with Crippen LogP contribution in [0.15, 0.2) is 16.9 Å². The Morgan fingerprint density at radius 1 is 1.11 bits per heavy atom. The van der Waals surface area contributed by atoms with Gasteiger partial charge >= 0.3 is 0 Å². The molecule has 0 radical (unpaired) electrons. The lowest BCUT2D eigenvalue weighted by Gasteiger charge is -2.20. The van der Waals surface area contributed by atoms with Gasteiger partial charge in [0, 0.05) is 18.4 Å². The first-order valence-corrected chi connectivity index (χ1v) is 6.37. The first kappa shape index (κ1) is 13.6. The number of nitrogens with zero attached hydrogens (tertiary/aromatic N) is 4. The molecule has 0 aromatic carbocycles. The van der Waals surface area contributed by atoms with Crippen LogP contribution in [0.1, 0.15) is 38.1 Å². The summed E-state index contributed by atoms with van der Waals surface area (Å²) in [7, 11) is 0. The van der Waals surface area contributed by atoms with Crippen LogP contribution in [-0.2, 0) is 0 Å². The van der Waals surface area contributed by atoms with Gasteiger partial charge in [-0.05, 0) is 25.3 Å². The second-order valence-electron chi connectivity index (χ2n) is 5.17. The standard InChI is InChI=1S/C13H19N5O/c1-7(2)10(9(4)14)13-17-12(18-19-13)11-15-5-8(3)6-16-11/h5-7,9-10H,14H2,1-4H3. The van der Waals surface area contributed by atoms with Crippen LogP contribution in [0.3, 0.4) is 0 Å². The van der Waals surface area contributed by atoms with E-state index in [-0.39, 0.29) is 12.0 Å². The van der Waals surface area contributed by atoms with Crippen LogP contribution in [0.25, 0.3) is 11.6 Å². The molecule has 2 heterocycles. The summed E-state index contributed by atoms with van der Waals surface area (Å²) < 4.78 is 5.31. The van der Waals surface area contributed by atoms with Gasteiger partial charge in [-0.2, -0.15) is 4.98 Å². The number of hydrogen-bond donors (Lipinski definition) is 1. The quantitative estimate of drug-likeness (QED) is 0.904. The van der Waals surface area contributed by atoms with E-state index in [2.05, 4.69) is 34.0 Å². The van der Waals surface area contributed by atoms with Crippen LogP contribution in [0.4, 0.5) is 0 Å². The molecule has 6 nitrogen and oxygen atoms in total. The molecule has 0 saturated carbocycles. The van der Waals surface area contributed by atoms with Crippen molar-refractivity contribution in [2.24, 2.45) is 11.7 Å². The SMILES string of the molecule is Cc1cnc(-c2noc(C(C(C)C)C(C)N)n2)nc1. The zero-order chi connectivity index (χ0) is 14.0. The van der Waals surface area contributed by atoms with Crippen molar-refractivity contribution in [1.29, 1.82) is 0 Å². The zero-order valence-electron chi connectivity index (χ0n) is 11.7. The van der Waals surface area contributed by atoms with Gasteiger partial charge in [0.25, 0.3) is 0 Å². The molecule has 19 heavy (non-hydrogen) atoms. The summed E-state index contributed by atoms with van der Waals surface area (Å²) >= 11 is 0. The van der Waals surface area contributed by atoms with Crippen molar-refractivity contribution in [2.45, 2.75) is 39.7 Å². The Hall–Kier alpha value is -1.82. The molecule has 2 atom stereocenters. The van der Waals surface area contributed by atoms with Gasteiger partial charge in [0.05, 0.1) is 5.92 Å². The summed E-state index contributed by atoms with van der Waals surface area (Å²) in [6, 6.07) is -0.0489. The summed E-state index contributed by atoms with van der Waals surface area (Å²) in [5.41, 5.74) is 6.97. The van der Waals surface area contributed by atoms with Gasteiger partial charge in [-0.3, -0.25) is 0 Å². The molecular weight excluding hydrogens is 242 g/mol. The zero-order valence-corrected chi connectivity index (χ0v) is 11.7. The van der Waals surface area contributed by atoms with Crippen molar-refractivity contribution in [1.82, 2.24) is 20.1 Å². The molecule has 2 aromatic rings. The Morgan fingerprint density at radius 3 is 2.26 bits per heavy atom. The Kier molecular flexibility index (Phi) is 3.90. The molecule has 0 saturated heterocycles. The van der Waals surface area contributed by atoms with E-state index in [1.165, 1.54) is 0 Å². The number of aryl methyl sites for hydroxylation is 1. The van der Waals surface area contributed by atoms with Crippen molar-refractivity contribution in [3.63, 3.8) is 0 Å². The fourth-order valence-electron chi connectivity index (χ4n) is 2.09. The predicted octanol–water partition coefficient (Wildman–Crippen LogP) is 1.92. The van der Waals surface area contributed by atoms with Crippen molar-refractivity contribution in [2.75, 3.05) is 0 Å². The number of rotatable bonds is 4. The molecule has 0 fully saturated rings. The largest absolute Gasteiger partial charge is 0.338 e. The maximum absolute atomic E-state index is 5.98. The number of nitrogens with two attached hydrogens (primary N) is 1. The van der Waals surface area contributed by atoms with Crippen LogP contribution in [0.5, 0.6) is 0 Å². The van der Waals surface area contributed by atoms with Gasteiger partial charge in [-0.1, -0.05) is 19.0 Å². The third-order valence-electron chi connectivity index (χ3n) is 2.99. The van der Waals surface area contributed by atoms with Gasteiger partial charge in [0.1, 0.15) is 0 Å². The maximum Gasteiger partial charge on any atom is 0.240 e. The molecular formula is C13H19N5O. The minimum atomic E-state index is -0.0489. The topological polar surface area (TPSA) is 90.7 Å². The lowest BCUT2D eigenvalue weighted by atomic mass is 9.90. The first-order chi connectivity index (χ1) is 8.99. The predicted molar refractivity (Wildman–Crippen MR) is 71.3 cm³/mol. The minimum Gasteiger partial charge on any atom is -0.338 e. The highest BCUT2D eigenvalue weighted by Gasteiger charge is 2.26. The smallest absolute Gasteiger partial charge is 0.240 e. The van der Waals surface area contributed by atoms with E-state index in [4.69, 9.17) is 10.3 Å². The normalized spacial score (nSPS) is 14.6. The van der Waals surface area contributed by atoms with E-state index in [1.807, 2.05) is 13.8 Å². The van der Waals surface area contributed by atoms with Crippen LogP contribution >= 0.6 is 0 Å². The van der Waals surface area contributed by atoms with Crippen molar-refractivity contribution in [3.8, 4) is 11.6 Å². The van der Waals surface area contributed by atoms with Gasteiger partial charge in [0.15, 0.2) is 0 Å². The van der Waals surface area contributed by atoms with E-state index >= 15 is 0 Å². The minimum absolute atomic E-state index is 0.0340. The summed E-state index contributed by atoms with van der Waals surface area (Å²) in [6.07, 6.45) is 3.45. The molecule has 0 spiro atoms. The van der Waals surface area contributed by atoms with E-state index in [0.717, 1.165) is 5.56 Å². The van der Waals surface area contributed by atoms with E-state index in [1.54, 1.807) is 12.4 Å².